The van der Waals surface area contributed by atoms with Crippen LogP contribution < -0.4 is 0 Å². The van der Waals surface area contributed by atoms with Gasteiger partial charge >= 0.3 is 11.9 Å². The fourth-order valence-electron chi connectivity index (χ4n) is 1.24. The molecule has 2 N–H and O–H groups in total. The van der Waals surface area contributed by atoms with Crippen LogP contribution in [0.4, 0.5) is 0 Å². The maximum atomic E-state index is 11.2. The molecule has 0 spiro atoms. The summed E-state index contributed by atoms with van der Waals surface area (Å²) in [4.78, 5) is 22.4. The highest BCUT2D eigenvalue weighted by atomic mass is 16.6. The highest BCUT2D eigenvalue weighted by Gasteiger charge is 2.15. The summed E-state index contributed by atoms with van der Waals surface area (Å²) < 4.78 is 9.28. The summed E-state index contributed by atoms with van der Waals surface area (Å²) in [5, 5.41) is 18.4. The van der Waals surface area contributed by atoms with Crippen LogP contribution in [0.3, 0.4) is 0 Å². The molecule has 0 aromatic heterocycles. The second-order valence-corrected chi connectivity index (χ2v) is 3.97. The van der Waals surface area contributed by atoms with Gasteiger partial charge in [0, 0.05) is 12.8 Å². The van der Waals surface area contributed by atoms with E-state index in [1.807, 2.05) is 13.8 Å². The van der Waals surface area contributed by atoms with Crippen LogP contribution in [0.25, 0.3) is 0 Å². The highest BCUT2D eigenvalue weighted by Crippen LogP contribution is 2.05. The van der Waals surface area contributed by atoms with Crippen molar-refractivity contribution in [3.05, 3.63) is 0 Å². The van der Waals surface area contributed by atoms with Gasteiger partial charge < -0.3 is 19.7 Å². The fraction of sp³-hybridized carbons (Fsp3) is 0.833. The van der Waals surface area contributed by atoms with Gasteiger partial charge in [0.1, 0.15) is 0 Å². The van der Waals surface area contributed by atoms with Gasteiger partial charge in [-0.05, 0) is 0 Å². The topological polar surface area (TPSA) is 93.1 Å². The molecular weight excluding hydrogens is 240 g/mol. The van der Waals surface area contributed by atoms with E-state index in [4.69, 9.17) is 0 Å². The van der Waals surface area contributed by atoms with E-state index in [-0.39, 0.29) is 12.8 Å². The van der Waals surface area contributed by atoms with Gasteiger partial charge in [-0.15, -0.1) is 0 Å². The van der Waals surface area contributed by atoms with E-state index in [1.54, 1.807) is 0 Å². The van der Waals surface area contributed by atoms with Crippen LogP contribution >= 0.6 is 0 Å². The zero-order valence-electron chi connectivity index (χ0n) is 10.9. The summed E-state index contributed by atoms with van der Waals surface area (Å²) in [6.45, 7) is 3.70. The molecule has 6 nitrogen and oxygen atoms in total. The Morgan fingerprint density at radius 2 is 1.22 bits per heavy atom. The number of hydrogen-bond acceptors (Lipinski definition) is 6. The van der Waals surface area contributed by atoms with Crippen molar-refractivity contribution in [1.82, 2.24) is 0 Å². The molecule has 0 aliphatic heterocycles. The Kier molecular flexibility index (Phi) is 9.22. The molecule has 0 aromatic rings. The van der Waals surface area contributed by atoms with Gasteiger partial charge in [0.2, 0.25) is 12.6 Å². The van der Waals surface area contributed by atoms with Crippen molar-refractivity contribution in [1.29, 1.82) is 0 Å². The Labute approximate surface area is 107 Å². The first-order valence-electron chi connectivity index (χ1n) is 6.24. The van der Waals surface area contributed by atoms with Crippen LogP contribution in [-0.2, 0) is 19.1 Å². The lowest BCUT2D eigenvalue weighted by atomic mass is 10.3. The molecule has 2 unspecified atom stereocenters. The lowest BCUT2D eigenvalue weighted by Gasteiger charge is -2.12. The third kappa shape index (κ3) is 8.95. The number of rotatable bonds is 9. The summed E-state index contributed by atoms with van der Waals surface area (Å²) in [6, 6.07) is 0. The lowest BCUT2D eigenvalue weighted by molar-refractivity contribution is -0.176. The smallest absolute Gasteiger partial charge is 0.308 e. The summed E-state index contributed by atoms with van der Waals surface area (Å²) in [6.07, 6.45) is -0.457. The lowest BCUT2D eigenvalue weighted by Crippen LogP contribution is -2.20. The van der Waals surface area contributed by atoms with Gasteiger partial charge in [0.25, 0.3) is 0 Å². The molecule has 0 saturated heterocycles. The van der Waals surface area contributed by atoms with Gasteiger partial charge in [-0.2, -0.15) is 0 Å². The molecule has 0 aliphatic rings. The molecule has 6 heteroatoms. The predicted molar refractivity (Wildman–Crippen MR) is 63.2 cm³/mol. The summed E-state index contributed by atoms with van der Waals surface area (Å²) in [7, 11) is 0. The molecule has 0 fully saturated rings. The average molecular weight is 262 g/mol. The second-order valence-electron chi connectivity index (χ2n) is 3.97. The molecule has 0 heterocycles. The van der Waals surface area contributed by atoms with Gasteiger partial charge in [0.15, 0.2) is 0 Å². The van der Waals surface area contributed by atoms with E-state index >= 15 is 0 Å². The van der Waals surface area contributed by atoms with Gasteiger partial charge in [-0.3, -0.25) is 9.59 Å². The molecule has 0 rings (SSSR count). The minimum atomic E-state index is -1.12. The molecule has 0 bridgehead atoms. The number of ether oxygens (including phenoxy) is 2. The first kappa shape index (κ1) is 16.9. The van der Waals surface area contributed by atoms with Gasteiger partial charge in [-0.25, -0.2) is 0 Å². The molecule has 0 radical (unpaired) electrons. The van der Waals surface area contributed by atoms with E-state index in [1.165, 1.54) is 0 Å². The SMILES string of the molecule is CCCC(O)OC(=O)CCC(=O)OC(O)CCC. The van der Waals surface area contributed by atoms with Crippen molar-refractivity contribution in [2.24, 2.45) is 0 Å². The van der Waals surface area contributed by atoms with Crippen molar-refractivity contribution < 1.29 is 29.3 Å². The Morgan fingerprint density at radius 1 is 0.889 bits per heavy atom. The summed E-state index contributed by atoms with van der Waals surface area (Å²) in [5.41, 5.74) is 0. The van der Waals surface area contributed by atoms with E-state index in [0.717, 1.165) is 0 Å². The van der Waals surface area contributed by atoms with Crippen molar-refractivity contribution in [2.75, 3.05) is 0 Å². The van der Waals surface area contributed by atoms with Crippen LogP contribution in [0, 0.1) is 0 Å². The molecule has 18 heavy (non-hydrogen) atoms. The van der Waals surface area contributed by atoms with E-state index < -0.39 is 24.5 Å². The van der Waals surface area contributed by atoms with Crippen LogP contribution in [0.2, 0.25) is 0 Å². The number of hydrogen-bond donors (Lipinski definition) is 2. The summed E-state index contributed by atoms with van der Waals surface area (Å²) >= 11 is 0. The first-order chi connectivity index (χ1) is 8.49. The van der Waals surface area contributed by atoms with Crippen molar-refractivity contribution in [2.45, 2.75) is 65.0 Å². The monoisotopic (exact) mass is 262 g/mol. The van der Waals surface area contributed by atoms with Crippen LogP contribution in [0.1, 0.15) is 52.4 Å². The van der Waals surface area contributed by atoms with Gasteiger partial charge in [-0.1, -0.05) is 26.7 Å². The minimum Gasteiger partial charge on any atom is -0.436 e. The molecule has 0 aromatic carbocycles. The van der Waals surface area contributed by atoms with Crippen molar-refractivity contribution >= 4 is 11.9 Å². The van der Waals surface area contributed by atoms with E-state index in [9.17, 15) is 19.8 Å². The van der Waals surface area contributed by atoms with E-state index in [0.29, 0.717) is 25.7 Å². The van der Waals surface area contributed by atoms with Crippen LogP contribution in [0.15, 0.2) is 0 Å². The number of carbonyl (C=O) groups is 2. The average Bonchev–Trinajstić information content (AvgIpc) is 2.27. The number of esters is 2. The Hall–Kier alpha value is -1.14. The Balaban J connectivity index is 3.74. The largest absolute Gasteiger partial charge is 0.436 e. The van der Waals surface area contributed by atoms with Gasteiger partial charge in [0.05, 0.1) is 12.8 Å². The highest BCUT2D eigenvalue weighted by molar-refractivity contribution is 5.77. The zero-order valence-corrected chi connectivity index (χ0v) is 10.9. The molecule has 0 aliphatic carbocycles. The minimum absolute atomic E-state index is 0.168. The normalized spacial score (nSPS) is 13.8. The molecule has 106 valence electrons. The standard InChI is InChI=1S/C12H22O6/c1-3-5-9(13)17-11(15)7-8-12(16)18-10(14)6-4-2/h9-10,13-14H,3-8H2,1-2H3. The third-order valence-corrected chi connectivity index (χ3v) is 2.14. The molecule has 2 atom stereocenters. The van der Waals surface area contributed by atoms with Crippen LogP contribution in [0.5, 0.6) is 0 Å². The molecule has 0 amide bonds. The summed E-state index contributed by atoms with van der Waals surface area (Å²) in [5.74, 6) is -1.31. The Morgan fingerprint density at radius 3 is 1.50 bits per heavy atom. The maximum absolute atomic E-state index is 11.2. The molecular formula is C12H22O6. The number of aliphatic hydroxyl groups excluding tert-OH is 2. The predicted octanol–water partition coefficient (Wildman–Crippen LogP) is 1.09. The quantitative estimate of drug-likeness (QED) is 0.477. The first-order valence-corrected chi connectivity index (χ1v) is 6.24. The zero-order chi connectivity index (χ0) is 14.0. The fourth-order valence-corrected chi connectivity index (χ4v) is 1.24. The van der Waals surface area contributed by atoms with E-state index in [2.05, 4.69) is 9.47 Å². The number of aliphatic hydroxyl groups is 2. The van der Waals surface area contributed by atoms with Crippen molar-refractivity contribution in [3.63, 3.8) is 0 Å². The molecule has 0 saturated carbocycles. The Bertz CT molecular complexity index is 227. The second kappa shape index (κ2) is 9.85. The number of carbonyl (C=O) groups excluding carboxylic acids is 2. The maximum Gasteiger partial charge on any atom is 0.308 e. The van der Waals surface area contributed by atoms with Crippen LogP contribution in [-0.4, -0.2) is 34.7 Å². The van der Waals surface area contributed by atoms with Crippen molar-refractivity contribution in [3.8, 4) is 0 Å². The third-order valence-electron chi connectivity index (χ3n) is 2.14.